The van der Waals surface area contributed by atoms with Crippen molar-refractivity contribution in [2.24, 2.45) is 5.92 Å². The first-order valence-electron chi connectivity index (χ1n) is 7.79. The van der Waals surface area contributed by atoms with Crippen LogP contribution in [0.5, 0.6) is 5.75 Å². The average Bonchev–Trinajstić information content (AvgIpc) is 3.01. The minimum atomic E-state index is -0.127. The molecule has 22 heavy (non-hydrogen) atoms. The fourth-order valence-electron chi connectivity index (χ4n) is 2.72. The van der Waals surface area contributed by atoms with Gasteiger partial charge in [0, 0.05) is 18.2 Å². The van der Waals surface area contributed by atoms with Crippen LogP contribution in [0, 0.1) is 5.92 Å². The predicted molar refractivity (Wildman–Crippen MR) is 84.0 cm³/mol. The summed E-state index contributed by atoms with van der Waals surface area (Å²) in [6.45, 7) is 3.34. The lowest BCUT2D eigenvalue weighted by Crippen LogP contribution is -2.34. The van der Waals surface area contributed by atoms with Gasteiger partial charge in [-0.05, 0) is 30.5 Å². The number of carbonyl (C=O) groups excluding carboxylic acids is 1. The molecule has 0 bridgehead atoms. The van der Waals surface area contributed by atoms with E-state index in [4.69, 9.17) is 4.74 Å². The molecule has 0 aliphatic carbocycles. The Kier molecular flexibility index (Phi) is 4.42. The Hall–Kier alpha value is -2.30. The highest BCUT2D eigenvalue weighted by Gasteiger charge is 2.20. The molecule has 0 saturated heterocycles. The molecule has 0 saturated carbocycles. The summed E-state index contributed by atoms with van der Waals surface area (Å²) in [7, 11) is 0. The molecule has 0 spiro atoms. The Morgan fingerprint density at radius 3 is 3.18 bits per heavy atom. The molecule has 1 aliphatic rings. The SMILES string of the molecule is CCCc1cc(C(=O)NC[C@@H]2COc3ccccc3C2)n[nH]1. The van der Waals surface area contributed by atoms with Crippen LogP contribution in [0.1, 0.15) is 35.1 Å². The van der Waals surface area contributed by atoms with Gasteiger partial charge in [0.2, 0.25) is 0 Å². The summed E-state index contributed by atoms with van der Waals surface area (Å²) < 4.78 is 5.74. The standard InChI is InChI=1S/C17H21N3O2/c1-2-5-14-9-15(20-19-14)17(21)18-10-12-8-13-6-3-4-7-16(13)22-11-12/h3-4,6-7,9,12H,2,5,8,10-11H2,1H3,(H,18,21)(H,19,20)/t12-/m1/s1. The normalized spacial score (nSPS) is 16.7. The number of para-hydroxylation sites is 1. The van der Waals surface area contributed by atoms with Gasteiger partial charge in [0.25, 0.3) is 5.91 Å². The Morgan fingerprint density at radius 2 is 2.32 bits per heavy atom. The highest BCUT2D eigenvalue weighted by Crippen LogP contribution is 2.26. The van der Waals surface area contributed by atoms with Crippen LogP contribution in [0.3, 0.4) is 0 Å². The van der Waals surface area contributed by atoms with E-state index in [1.807, 2.05) is 24.3 Å². The van der Waals surface area contributed by atoms with Crippen LogP contribution in [0.25, 0.3) is 0 Å². The summed E-state index contributed by atoms with van der Waals surface area (Å²) in [6, 6.07) is 9.89. The minimum Gasteiger partial charge on any atom is -0.493 e. The van der Waals surface area contributed by atoms with E-state index in [1.165, 1.54) is 5.56 Å². The zero-order chi connectivity index (χ0) is 15.4. The highest BCUT2D eigenvalue weighted by molar-refractivity contribution is 5.92. The molecule has 5 heteroatoms. The maximum absolute atomic E-state index is 12.1. The number of aryl methyl sites for hydroxylation is 1. The van der Waals surface area contributed by atoms with Gasteiger partial charge >= 0.3 is 0 Å². The van der Waals surface area contributed by atoms with E-state index in [0.29, 0.717) is 24.8 Å². The summed E-state index contributed by atoms with van der Waals surface area (Å²) in [4.78, 5) is 12.1. The number of hydrogen-bond donors (Lipinski definition) is 2. The first-order valence-corrected chi connectivity index (χ1v) is 7.79. The van der Waals surface area contributed by atoms with Crippen LogP contribution in [0.15, 0.2) is 30.3 Å². The van der Waals surface area contributed by atoms with E-state index in [1.54, 1.807) is 0 Å². The number of benzene rings is 1. The summed E-state index contributed by atoms with van der Waals surface area (Å²) in [5.74, 6) is 1.13. The second kappa shape index (κ2) is 6.64. The molecule has 1 atom stereocenters. The lowest BCUT2D eigenvalue weighted by Gasteiger charge is -2.25. The molecule has 0 unspecified atom stereocenters. The van der Waals surface area contributed by atoms with Crippen LogP contribution in [0.2, 0.25) is 0 Å². The van der Waals surface area contributed by atoms with Crippen molar-refractivity contribution in [3.63, 3.8) is 0 Å². The van der Waals surface area contributed by atoms with Crippen molar-refractivity contribution in [1.29, 1.82) is 0 Å². The quantitative estimate of drug-likeness (QED) is 0.890. The summed E-state index contributed by atoms with van der Waals surface area (Å²) in [5.41, 5.74) is 2.67. The Labute approximate surface area is 130 Å². The third-order valence-corrected chi connectivity index (χ3v) is 3.89. The van der Waals surface area contributed by atoms with Gasteiger partial charge in [0.15, 0.2) is 0 Å². The van der Waals surface area contributed by atoms with Crippen molar-refractivity contribution in [3.8, 4) is 5.75 Å². The molecule has 1 aromatic heterocycles. The number of H-pyrrole nitrogens is 1. The van der Waals surface area contributed by atoms with Crippen LogP contribution in [0.4, 0.5) is 0 Å². The molecule has 5 nitrogen and oxygen atoms in total. The molecule has 0 radical (unpaired) electrons. The fraction of sp³-hybridized carbons (Fsp3) is 0.412. The van der Waals surface area contributed by atoms with Crippen LogP contribution in [-0.2, 0) is 12.8 Å². The molecular formula is C17H21N3O2. The fourth-order valence-corrected chi connectivity index (χ4v) is 2.72. The number of aromatic amines is 1. The number of nitrogens with zero attached hydrogens (tertiary/aromatic N) is 1. The molecular weight excluding hydrogens is 278 g/mol. The maximum Gasteiger partial charge on any atom is 0.271 e. The molecule has 0 fully saturated rings. The van der Waals surface area contributed by atoms with Crippen LogP contribution < -0.4 is 10.1 Å². The number of fused-ring (bicyclic) bond motifs is 1. The summed E-state index contributed by atoms with van der Waals surface area (Å²) >= 11 is 0. The summed E-state index contributed by atoms with van der Waals surface area (Å²) in [5, 5.41) is 9.92. The number of hydrogen-bond acceptors (Lipinski definition) is 3. The first-order chi connectivity index (χ1) is 10.8. The monoisotopic (exact) mass is 299 g/mol. The number of nitrogens with one attached hydrogen (secondary N) is 2. The van der Waals surface area contributed by atoms with Gasteiger partial charge in [-0.2, -0.15) is 5.10 Å². The number of rotatable bonds is 5. The number of amides is 1. The van der Waals surface area contributed by atoms with Gasteiger partial charge in [0.1, 0.15) is 11.4 Å². The van der Waals surface area contributed by atoms with Crippen LogP contribution >= 0.6 is 0 Å². The lowest BCUT2D eigenvalue weighted by molar-refractivity contribution is 0.0934. The molecule has 1 aliphatic heterocycles. The Morgan fingerprint density at radius 1 is 1.45 bits per heavy atom. The molecule has 2 N–H and O–H groups in total. The average molecular weight is 299 g/mol. The van der Waals surface area contributed by atoms with Crippen molar-refractivity contribution in [1.82, 2.24) is 15.5 Å². The first kappa shape index (κ1) is 14.6. The van der Waals surface area contributed by atoms with Crippen LogP contribution in [-0.4, -0.2) is 29.3 Å². The minimum absolute atomic E-state index is 0.127. The largest absolute Gasteiger partial charge is 0.493 e. The van der Waals surface area contributed by atoms with Gasteiger partial charge in [-0.25, -0.2) is 0 Å². The van der Waals surface area contributed by atoms with Gasteiger partial charge in [-0.3, -0.25) is 9.89 Å². The van der Waals surface area contributed by atoms with Crippen molar-refractivity contribution >= 4 is 5.91 Å². The van der Waals surface area contributed by atoms with E-state index in [0.717, 1.165) is 30.7 Å². The van der Waals surface area contributed by atoms with Gasteiger partial charge < -0.3 is 10.1 Å². The Bertz CT molecular complexity index is 651. The second-order valence-electron chi connectivity index (χ2n) is 5.73. The molecule has 2 aromatic rings. The van der Waals surface area contributed by atoms with Gasteiger partial charge in [0.05, 0.1) is 6.61 Å². The van der Waals surface area contributed by atoms with Crippen molar-refractivity contribution in [3.05, 3.63) is 47.3 Å². The molecule has 1 amide bonds. The van der Waals surface area contributed by atoms with E-state index in [-0.39, 0.29) is 5.91 Å². The van der Waals surface area contributed by atoms with Crippen molar-refractivity contribution < 1.29 is 9.53 Å². The second-order valence-corrected chi connectivity index (χ2v) is 5.73. The lowest BCUT2D eigenvalue weighted by atomic mass is 9.97. The molecule has 3 rings (SSSR count). The van der Waals surface area contributed by atoms with E-state index in [9.17, 15) is 4.79 Å². The van der Waals surface area contributed by atoms with E-state index >= 15 is 0 Å². The van der Waals surface area contributed by atoms with Crippen molar-refractivity contribution in [2.75, 3.05) is 13.2 Å². The van der Waals surface area contributed by atoms with E-state index < -0.39 is 0 Å². The maximum atomic E-state index is 12.1. The molecule has 116 valence electrons. The highest BCUT2D eigenvalue weighted by atomic mass is 16.5. The predicted octanol–water partition coefficient (Wildman–Crippen LogP) is 2.34. The third kappa shape index (κ3) is 3.30. The zero-order valence-electron chi connectivity index (χ0n) is 12.8. The Balaban J connectivity index is 1.53. The zero-order valence-corrected chi connectivity index (χ0v) is 12.8. The summed E-state index contributed by atoms with van der Waals surface area (Å²) in [6.07, 6.45) is 2.87. The topological polar surface area (TPSA) is 67.0 Å². The number of ether oxygens (including phenoxy) is 1. The van der Waals surface area contributed by atoms with E-state index in [2.05, 4.69) is 28.5 Å². The number of aromatic nitrogens is 2. The smallest absolute Gasteiger partial charge is 0.271 e. The number of carbonyl (C=O) groups is 1. The molecule has 2 heterocycles. The van der Waals surface area contributed by atoms with Gasteiger partial charge in [-0.15, -0.1) is 0 Å². The third-order valence-electron chi connectivity index (χ3n) is 3.89. The molecule has 1 aromatic carbocycles. The van der Waals surface area contributed by atoms with Crippen molar-refractivity contribution in [2.45, 2.75) is 26.2 Å². The van der Waals surface area contributed by atoms with Gasteiger partial charge in [-0.1, -0.05) is 31.5 Å².